The smallest absolute Gasteiger partial charge is 0.295 e. The molecule has 0 spiro atoms. The van der Waals surface area contributed by atoms with Gasteiger partial charge in [-0.05, 0) is 41.3 Å². The van der Waals surface area contributed by atoms with Crippen LogP contribution in [0.2, 0.25) is 0 Å². The van der Waals surface area contributed by atoms with Gasteiger partial charge in [-0.1, -0.05) is 46.3 Å². The highest BCUT2D eigenvalue weighted by Gasteiger charge is 2.46. The molecule has 1 aliphatic heterocycles. The van der Waals surface area contributed by atoms with E-state index in [1.807, 2.05) is 17.5 Å². The molecule has 2 aromatic carbocycles. The number of carbonyl (C=O) groups is 2. The number of carbonyl (C=O) groups excluding carboxylic acids is 2. The van der Waals surface area contributed by atoms with Crippen molar-refractivity contribution < 1.29 is 19.1 Å². The molecule has 1 amide bonds. The number of thiophene rings is 1. The van der Waals surface area contributed by atoms with Crippen molar-refractivity contribution in [2.45, 2.75) is 12.6 Å². The van der Waals surface area contributed by atoms with Crippen molar-refractivity contribution in [1.29, 1.82) is 0 Å². The quantitative estimate of drug-likeness (QED) is 0.320. The molecule has 0 saturated carbocycles. The molecule has 0 aliphatic carbocycles. The molecule has 0 radical (unpaired) electrons. The third-order valence-corrected chi connectivity index (χ3v) is 6.19. The van der Waals surface area contributed by atoms with Gasteiger partial charge >= 0.3 is 0 Å². The van der Waals surface area contributed by atoms with E-state index in [-0.39, 0.29) is 23.7 Å². The van der Waals surface area contributed by atoms with Crippen molar-refractivity contribution in [1.82, 2.24) is 4.90 Å². The maximum atomic E-state index is 13.2. The number of hydrogen-bond acceptors (Lipinski definition) is 4. The number of nitrogens with zero attached hydrogens (tertiary/aromatic N) is 1. The van der Waals surface area contributed by atoms with Crippen LogP contribution >= 0.6 is 27.3 Å². The second-order valence-electron chi connectivity index (χ2n) is 6.58. The number of benzene rings is 2. The van der Waals surface area contributed by atoms with Crippen LogP contribution in [0.5, 0.6) is 0 Å². The fourth-order valence-electron chi connectivity index (χ4n) is 3.34. The van der Waals surface area contributed by atoms with E-state index in [1.165, 1.54) is 28.4 Å². The average Bonchev–Trinajstić information content (AvgIpc) is 3.32. The highest BCUT2D eigenvalue weighted by Crippen LogP contribution is 2.41. The first-order valence-corrected chi connectivity index (χ1v) is 10.4. The van der Waals surface area contributed by atoms with Crippen LogP contribution in [-0.2, 0) is 16.1 Å². The molecule has 1 saturated heterocycles. The minimum absolute atomic E-state index is 0.0573. The lowest BCUT2D eigenvalue weighted by atomic mass is 10.00. The van der Waals surface area contributed by atoms with E-state index in [0.29, 0.717) is 11.1 Å². The van der Waals surface area contributed by atoms with Crippen LogP contribution in [0.25, 0.3) is 5.76 Å². The number of ketones is 1. The summed E-state index contributed by atoms with van der Waals surface area (Å²) in [6.07, 6.45) is 0. The number of amides is 1. The zero-order valence-corrected chi connectivity index (χ0v) is 17.4. The Morgan fingerprint density at radius 2 is 1.76 bits per heavy atom. The Labute approximate surface area is 179 Å². The molecular formula is C22H15BrFNO3S. The highest BCUT2D eigenvalue weighted by molar-refractivity contribution is 9.10. The summed E-state index contributed by atoms with van der Waals surface area (Å²) in [7, 11) is 0. The first kappa shape index (κ1) is 19.5. The van der Waals surface area contributed by atoms with Crippen molar-refractivity contribution >= 4 is 44.7 Å². The van der Waals surface area contributed by atoms with Crippen LogP contribution in [-0.4, -0.2) is 21.7 Å². The van der Waals surface area contributed by atoms with Crippen LogP contribution in [0.15, 0.2) is 76.1 Å². The van der Waals surface area contributed by atoms with E-state index in [2.05, 4.69) is 15.9 Å². The molecule has 4 nitrogen and oxygen atoms in total. The van der Waals surface area contributed by atoms with Gasteiger partial charge in [0.05, 0.1) is 11.6 Å². The first-order valence-electron chi connectivity index (χ1n) is 8.78. The first-order chi connectivity index (χ1) is 14.0. The molecule has 4 rings (SSSR count). The van der Waals surface area contributed by atoms with E-state index >= 15 is 0 Å². The van der Waals surface area contributed by atoms with Crippen LogP contribution in [0.3, 0.4) is 0 Å². The van der Waals surface area contributed by atoms with Gasteiger partial charge in [-0.15, -0.1) is 11.3 Å². The number of rotatable bonds is 4. The Bertz CT molecular complexity index is 1090. The van der Waals surface area contributed by atoms with Crippen LogP contribution < -0.4 is 0 Å². The molecule has 2 heterocycles. The Morgan fingerprint density at radius 1 is 1.07 bits per heavy atom. The Kier molecular flexibility index (Phi) is 5.34. The van der Waals surface area contributed by atoms with Gasteiger partial charge in [0.2, 0.25) is 0 Å². The van der Waals surface area contributed by atoms with Gasteiger partial charge in [0, 0.05) is 21.5 Å². The number of hydrogen-bond donors (Lipinski definition) is 1. The molecule has 1 aliphatic rings. The fraction of sp³-hybridized carbons (Fsp3) is 0.0909. The predicted octanol–water partition coefficient (Wildman–Crippen LogP) is 5.27. The number of Topliss-reactive ketones (excluding diaryl/α,β-unsaturated/α-hetero) is 1. The van der Waals surface area contributed by atoms with Crippen LogP contribution in [0.4, 0.5) is 4.39 Å². The summed E-state index contributed by atoms with van der Waals surface area (Å²) in [6.45, 7) is 0.130. The van der Waals surface area contributed by atoms with E-state index < -0.39 is 17.7 Å². The average molecular weight is 472 g/mol. The summed E-state index contributed by atoms with van der Waals surface area (Å²) in [5.41, 5.74) is 1.20. The lowest BCUT2D eigenvalue weighted by Gasteiger charge is -2.24. The van der Waals surface area contributed by atoms with Gasteiger partial charge in [0.15, 0.2) is 0 Å². The molecule has 0 bridgehead atoms. The van der Waals surface area contributed by atoms with Gasteiger partial charge in [-0.2, -0.15) is 0 Å². The largest absolute Gasteiger partial charge is 0.507 e. The number of likely N-dealkylation sites (tertiary alicyclic amines) is 1. The zero-order chi connectivity index (χ0) is 20.5. The van der Waals surface area contributed by atoms with Gasteiger partial charge in [-0.25, -0.2) is 4.39 Å². The zero-order valence-electron chi connectivity index (χ0n) is 15.0. The molecule has 1 unspecified atom stereocenters. The number of aliphatic hydroxyl groups excluding tert-OH is 1. The summed E-state index contributed by atoms with van der Waals surface area (Å²) >= 11 is 4.74. The molecule has 1 atom stereocenters. The molecule has 7 heteroatoms. The number of aliphatic hydroxyl groups is 1. The topological polar surface area (TPSA) is 57.6 Å². The van der Waals surface area contributed by atoms with E-state index in [1.54, 1.807) is 36.4 Å². The third-order valence-electron chi connectivity index (χ3n) is 4.74. The molecule has 3 aromatic rings. The lowest BCUT2D eigenvalue weighted by molar-refractivity contribution is -0.140. The molecular weight excluding hydrogens is 457 g/mol. The minimum atomic E-state index is -0.731. The second-order valence-corrected chi connectivity index (χ2v) is 8.47. The number of halogens is 2. The van der Waals surface area contributed by atoms with Crippen LogP contribution in [0.1, 0.15) is 22.0 Å². The molecule has 29 heavy (non-hydrogen) atoms. The highest BCUT2D eigenvalue weighted by atomic mass is 79.9. The molecule has 1 fully saturated rings. The second kappa shape index (κ2) is 7.93. The fourth-order valence-corrected chi connectivity index (χ4v) is 4.45. The normalized spacial score (nSPS) is 18.4. The molecule has 1 aromatic heterocycles. The maximum Gasteiger partial charge on any atom is 0.295 e. The van der Waals surface area contributed by atoms with Gasteiger partial charge in [0.25, 0.3) is 11.7 Å². The maximum absolute atomic E-state index is 13.2. The summed E-state index contributed by atoms with van der Waals surface area (Å²) in [6, 6.07) is 15.6. The molecule has 1 N–H and O–H groups in total. The summed E-state index contributed by atoms with van der Waals surface area (Å²) in [5.74, 6) is -2.01. The van der Waals surface area contributed by atoms with Gasteiger partial charge in [0.1, 0.15) is 11.6 Å². The standard InChI is InChI=1S/C22H15BrFNO3S/c23-15-7-5-14(6-8-15)20(26)18-19(17-2-1-11-29-17)25(22(28)21(18)27)12-13-3-9-16(24)10-4-13/h1-11,19,26H,12H2/b20-18-. The lowest BCUT2D eigenvalue weighted by Crippen LogP contribution is -2.28. The van der Waals surface area contributed by atoms with Crippen molar-refractivity contribution in [3.63, 3.8) is 0 Å². The van der Waals surface area contributed by atoms with E-state index in [0.717, 1.165) is 9.35 Å². The minimum Gasteiger partial charge on any atom is -0.507 e. The van der Waals surface area contributed by atoms with Crippen molar-refractivity contribution in [3.05, 3.63) is 97.9 Å². The van der Waals surface area contributed by atoms with E-state index in [9.17, 15) is 19.1 Å². The Balaban J connectivity index is 1.81. The van der Waals surface area contributed by atoms with E-state index in [4.69, 9.17) is 0 Å². The monoisotopic (exact) mass is 471 g/mol. The van der Waals surface area contributed by atoms with Crippen molar-refractivity contribution in [3.8, 4) is 0 Å². The van der Waals surface area contributed by atoms with Crippen molar-refractivity contribution in [2.75, 3.05) is 0 Å². The van der Waals surface area contributed by atoms with Crippen molar-refractivity contribution in [2.24, 2.45) is 0 Å². The van der Waals surface area contributed by atoms with Gasteiger partial charge < -0.3 is 10.0 Å². The van der Waals surface area contributed by atoms with Crippen LogP contribution in [0, 0.1) is 5.82 Å². The Hall–Kier alpha value is -2.77. The molecule has 146 valence electrons. The SMILES string of the molecule is O=C1C(=O)N(Cc2ccc(F)cc2)C(c2cccs2)/C1=C(/O)c1ccc(Br)cc1. The summed E-state index contributed by atoms with van der Waals surface area (Å²) in [4.78, 5) is 27.9. The van der Waals surface area contributed by atoms with Gasteiger partial charge in [-0.3, -0.25) is 9.59 Å². The Morgan fingerprint density at radius 3 is 2.38 bits per heavy atom. The predicted molar refractivity (Wildman–Crippen MR) is 113 cm³/mol. The summed E-state index contributed by atoms with van der Waals surface area (Å²) < 4.78 is 14.1. The summed E-state index contributed by atoms with van der Waals surface area (Å²) in [5, 5.41) is 12.8. The third kappa shape index (κ3) is 3.75.